The summed E-state index contributed by atoms with van der Waals surface area (Å²) in [6, 6.07) is 11.7. The molecule has 0 bridgehead atoms. The van der Waals surface area contributed by atoms with E-state index in [0.717, 1.165) is 37.1 Å². The number of nitrogens with one attached hydrogen (secondary N) is 1. The molecule has 1 fully saturated rings. The number of amides is 1. The number of hydrogen-bond acceptors (Lipinski definition) is 5. The van der Waals surface area contributed by atoms with Gasteiger partial charge in [0.2, 0.25) is 5.91 Å². The van der Waals surface area contributed by atoms with E-state index in [-0.39, 0.29) is 5.91 Å². The summed E-state index contributed by atoms with van der Waals surface area (Å²) in [5, 5.41) is 2.94. The van der Waals surface area contributed by atoms with Gasteiger partial charge in [0, 0.05) is 25.3 Å². The van der Waals surface area contributed by atoms with Gasteiger partial charge in [-0.2, -0.15) is 0 Å². The number of pyridine rings is 1. The Morgan fingerprint density at radius 2 is 2.00 bits per heavy atom. The van der Waals surface area contributed by atoms with Crippen molar-refractivity contribution >= 4 is 22.8 Å². The number of aromatic nitrogens is 3. The third-order valence-electron chi connectivity index (χ3n) is 5.03. The van der Waals surface area contributed by atoms with Gasteiger partial charge in [0.25, 0.3) is 0 Å². The highest BCUT2D eigenvalue weighted by atomic mass is 16.5. The molecular formula is C20H23N5O2. The molecule has 1 saturated heterocycles. The lowest BCUT2D eigenvalue weighted by Gasteiger charge is -2.32. The minimum Gasteiger partial charge on any atom is -0.495 e. The number of ether oxygens (including phenoxy) is 1. The van der Waals surface area contributed by atoms with Crippen molar-refractivity contribution in [3.8, 4) is 5.75 Å². The molecule has 4 rings (SSSR count). The molecule has 27 heavy (non-hydrogen) atoms. The molecule has 7 nitrogen and oxygen atoms in total. The molecule has 7 heteroatoms. The lowest BCUT2D eigenvalue weighted by atomic mass is 10.0. The maximum atomic E-state index is 12.4. The first-order valence-electron chi connectivity index (χ1n) is 9.17. The third-order valence-corrected chi connectivity index (χ3v) is 5.03. The van der Waals surface area contributed by atoms with Gasteiger partial charge < -0.3 is 14.6 Å². The predicted octanol–water partition coefficient (Wildman–Crippen LogP) is 2.72. The Morgan fingerprint density at radius 3 is 2.81 bits per heavy atom. The molecule has 0 saturated carbocycles. The van der Waals surface area contributed by atoms with Gasteiger partial charge in [0.1, 0.15) is 11.3 Å². The average molecular weight is 365 g/mol. The molecule has 3 aromatic rings. The predicted molar refractivity (Wildman–Crippen MR) is 104 cm³/mol. The van der Waals surface area contributed by atoms with Gasteiger partial charge in [0.05, 0.1) is 25.7 Å². The highest BCUT2D eigenvalue weighted by molar-refractivity contribution is 5.93. The second-order valence-corrected chi connectivity index (χ2v) is 6.75. The van der Waals surface area contributed by atoms with E-state index in [1.165, 1.54) is 0 Å². The van der Waals surface area contributed by atoms with Gasteiger partial charge in [0.15, 0.2) is 5.65 Å². The number of hydrogen-bond donors (Lipinski definition) is 1. The Bertz CT molecular complexity index is 931. The van der Waals surface area contributed by atoms with E-state index in [2.05, 4.69) is 24.8 Å². The standard InChI is InChI=1S/C20H23N5O2/c1-27-18-7-3-2-5-16(18)23-19(26)13-24-11-8-15(9-12-24)25-14-22-17-6-4-10-21-20(17)25/h2-7,10,14-15H,8-9,11-13H2,1H3,(H,23,26). The van der Waals surface area contributed by atoms with Gasteiger partial charge in [-0.05, 0) is 37.1 Å². The van der Waals surface area contributed by atoms with Crippen LogP contribution in [0.5, 0.6) is 5.75 Å². The number of carbonyl (C=O) groups excluding carboxylic acids is 1. The highest BCUT2D eigenvalue weighted by Crippen LogP contribution is 2.26. The first-order chi connectivity index (χ1) is 13.2. The van der Waals surface area contributed by atoms with Crippen LogP contribution in [0.1, 0.15) is 18.9 Å². The second kappa shape index (κ2) is 7.75. The van der Waals surface area contributed by atoms with Crippen LogP contribution >= 0.6 is 0 Å². The lowest BCUT2D eigenvalue weighted by Crippen LogP contribution is -2.39. The van der Waals surface area contributed by atoms with Crippen LogP contribution in [-0.4, -0.2) is 52.1 Å². The van der Waals surface area contributed by atoms with Crippen molar-refractivity contribution in [2.45, 2.75) is 18.9 Å². The van der Waals surface area contributed by atoms with E-state index < -0.39 is 0 Å². The zero-order valence-electron chi connectivity index (χ0n) is 15.3. The molecule has 1 aliphatic rings. The van der Waals surface area contributed by atoms with Gasteiger partial charge in [-0.1, -0.05) is 12.1 Å². The first kappa shape index (κ1) is 17.5. The number of fused-ring (bicyclic) bond motifs is 1. The summed E-state index contributed by atoms with van der Waals surface area (Å²) in [6.45, 7) is 2.13. The average Bonchev–Trinajstić information content (AvgIpc) is 3.13. The maximum absolute atomic E-state index is 12.4. The van der Waals surface area contributed by atoms with Crippen molar-refractivity contribution in [1.29, 1.82) is 0 Å². The summed E-state index contributed by atoms with van der Waals surface area (Å²) in [5.41, 5.74) is 2.57. The van der Waals surface area contributed by atoms with E-state index in [9.17, 15) is 4.79 Å². The monoisotopic (exact) mass is 365 g/mol. The number of methoxy groups -OCH3 is 1. The van der Waals surface area contributed by atoms with Crippen molar-refractivity contribution in [1.82, 2.24) is 19.4 Å². The molecule has 1 N–H and O–H groups in total. The van der Waals surface area contributed by atoms with Crippen LogP contribution < -0.4 is 10.1 Å². The number of rotatable bonds is 5. The maximum Gasteiger partial charge on any atom is 0.238 e. The van der Waals surface area contributed by atoms with Gasteiger partial charge in [-0.15, -0.1) is 0 Å². The minimum absolute atomic E-state index is 0.0207. The Hall–Kier alpha value is -2.93. The molecule has 0 spiro atoms. The highest BCUT2D eigenvalue weighted by Gasteiger charge is 2.23. The Kier molecular flexibility index (Phi) is 5.02. The number of imidazole rings is 1. The van der Waals surface area contributed by atoms with Crippen LogP contribution in [0.15, 0.2) is 48.9 Å². The Morgan fingerprint density at radius 1 is 1.19 bits per heavy atom. The van der Waals surface area contributed by atoms with Gasteiger partial charge >= 0.3 is 0 Å². The van der Waals surface area contributed by atoms with Crippen molar-refractivity contribution in [3.05, 3.63) is 48.9 Å². The number of carbonyl (C=O) groups is 1. The largest absolute Gasteiger partial charge is 0.495 e. The van der Waals surface area contributed by atoms with E-state index >= 15 is 0 Å². The molecule has 1 aromatic carbocycles. The summed E-state index contributed by atoms with van der Waals surface area (Å²) >= 11 is 0. The summed E-state index contributed by atoms with van der Waals surface area (Å²) in [7, 11) is 1.60. The fraction of sp³-hybridized carbons (Fsp3) is 0.350. The first-order valence-corrected chi connectivity index (χ1v) is 9.17. The van der Waals surface area contributed by atoms with Crippen LogP contribution in [0.3, 0.4) is 0 Å². The molecule has 0 atom stereocenters. The van der Waals surface area contributed by atoms with E-state index in [4.69, 9.17) is 4.74 Å². The summed E-state index contributed by atoms with van der Waals surface area (Å²) < 4.78 is 7.45. The normalized spacial score (nSPS) is 15.7. The number of anilines is 1. The molecule has 3 heterocycles. The zero-order valence-corrected chi connectivity index (χ0v) is 15.3. The van der Waals surface area contributed by atoms with Crippen LogP contribution in [0.25, 0.3) is 11.2 Å². The van der Waals surface area contributed by atoms with Crippen molar-refractivity contribution in [3.63, 3.8) is 0 Å². The van der Waals surface area contributed by atoms with Crippen LogP contribution in [0.4, 0.5) is 5.69 Å². The summed E-state index contributed by atoms with van der Waals surface area (Å²) in [5.74, 6) is 0.650. The number of piperidine rings is 1. The van der Waals surface area contributed by atoms with Crippen molar-refractivity contribution < 1.29 is 9.53 Å². The van der Waals surface area contributed by atoms with Gasteiger partial charge in [-0.3, -0.25) is 9.69 Å². The number of para-hydroxylation sites is 2. The summed E-state index contributed by atoms with van der Waals surface area (Å²) in [4.78, 5) is 23.5. The fourth-order valence-electron chi connectivity index (χ4n) is 3.63. The molecular weight excluding hydrogens is 342 g/mol. The van der Waals surface area contributed by atoms with Crippen LogP contribution in [-0.2, 0) is 4.79 Å². The zero-order chi connectivity index (χ0) is 18.6. The second-order valence-electron chi connectivity index (χ2n) is 6.75. The number of likely N-dealkylation sites (tertiary alicyclic amines) is 1. The topological polar surface area (TPSA) is 72.3 Å². The third kappa shape index (κ3) is 3.78. The minimum atomic E-state index is -0.0207. The molecule has 1 aliphatic heterocycles. The van der Waals surface area contributed by atoms with E-state index in [0.29, 0.717) is 24.0 Å². The number of benzene rings is 1. The Balaban J connectivity index is 1.33. The Labute approximate surface area is 158 Å². The molecule has 1 amide bonds. The number of nitrogens with zero attached hydrogens (tertiary/aromatic N) is 4. The molecule has 2 aromatic heterocycles. The molecule has 140 valence electrons. The van der Waals surface area contributed by atoms with Gasteiger partial charge in [-0.25, -0.2) is 9.97 Å². The SMILES string of the molecule is COc1ccccc1NC(=O)CN1CCC(n2cnc3cccnc32)CC1. The van der Waals surface area contributed by atoms with Crippen LogP contribution in [0, 0.1) is 0 Å². The fourth-order valence-corrected chi connectivity index (χ4v) is 3.63. The summed E-state index contributed by atoms with van der Waals surface area (Å²) in [6.07, 6.45) is 5.64. The van der Waals surface area contributed by atoms with Crippen molar-refractivity contribution in [2.75, 3.05) is 32.1 Å². The van der Waals surface area contributed by atoms with E-state index in [1.807, 2.05) is 42.7 Å². The molecule has 0 radical (unpaired) electrons. The smallest absolute Gasteiger partial charge is 0.238 e. The molecule has 0 unspecified atom stereocenters. The quantitative estimate of drug-likeness (QED) is 0.753. The van der Waals surface area contributed by atoms with Crippen molar-refractivity contribution in [2.24, 2.45) is 0 Å². The van der Waals surface area contributed by atoms with E-state index in [1.54, 1.807) is 13.3 Å². The molecule has 0 aliphatic carbocycles. The van der Waals surface area contributed by atoms with Crippen LogP contribution in [0.2, 0.25) is 0 Å². The lowest BCUT2D eigenvalue weighted by molar-refractivity contribution is -0.117.